The predicted octanol–water partition coefficient (Wildman–Crippen LogP) is 4.53. The summed E-state index contributed by atoms with van der Waals surface area (Å²) in [6, 6.07) is 10.6. The number of rotatable bonds is 5. The number of fused-ring (bicyclic) bond motifs is 1. The Morgan fingerprint density at radius 3 is 2.33 bits per heavy atom. The highest BCUT2D eigenvalue weighted by molar-refractivity contribution is 5.80. The number of urea groups is 1. The van der Waals surface area contributed by atoms with Crippen molar-refractivity contribution in [3.05, 3.63) is 36.0 Å². The topological polar surface area (TPSA) is 77.2 Å². The lowest BCUT2D eigenvalue weighted by Crippen LogP contribution is -2.61. The molecule has 2 aromatic rings. The Bertz CT molecular complexity index is 967. The van der Waals surface area contributed by atoms with Crippen LogP contribution in [0.15, 0.2) is 30.3 Å². The van der Waals surface area contributed by atoms with Crippen molar-refractivity contribution in [2.45, 2.75) is 69.2 Å². The number of H-pyrrole nitrogens is 1. The molecule has 1 aliphatic heterocycles. The van der Waals surface area contributed by atoms with Gasteiger partial charge in [0.05, 0.1) is 0 Å². The molecule has 2 heterocycles. The third-order valence-electron chi connectivity index (χ3n) is 8.88. The van der Waals surface area contributed by atoms with Gasteiger partial charge in [0, 0.05) is 48.7 Å². The lowest BCUT2D eigenvalue weighted by Gasteiger charge is -2.56. The smallest absolute Gasteiger partial charge is 0.315 e. The number of nitrogens with zero attached hydrogens (tertiary/aromatic N) is 1. The van der Waals surface area contributed by atoms with Crippen LogP contribution >= 0.6 is 0 Å². The van der Waals surface area contributed by atoms with Crippen LogP contribution in [0.1, 0.15) is 69.4 Å². The van der Waals surface area contributed by atoms with Gasteiger partial charge in [-0.3, -0.25) is 4.79 Å². The molecular formula is C27H36N4O2. The van der Waals surface area contributed by atoms with Gasteiger partial charge in [-0.1, -0.05) is 18.2 Å². The highest BCUT2D eigenvalue weighted by Crippen LogP contribution is 2.55. The molecule has 4 bridgehead atoms. The van der Waals surface area contributed by atoms with Crippen LogP contribution in [-0.2, 0) is 4.79 Å². The van der Waals surface area contributed by atoms with Crippen LogP contribution in [0, 0.1) is 17.8 Å². The number of hydrogen-bond acceptors (Lipinski definition) is 2. The van der Waals surface area contributed by atoms with Crippen LogP contribution in [0.25, 0.3) is 10.9 Å². The highest BCUT2D eigenvalue weighted by Gasteiger charge is 2.51. The van der Waals surface area contributed by atoms with E-state index in [9.17, 15) is 9.59 Å². The number of carbonyl (C=O) groups is 2. The van der Waals surface area contributed by atoms with Gasteiger partial charge in [-0.15, -0.1) is 0 Å². The standard InChI is InChI=1S/C27H36N4O2/c32-25(31-9-6-21(7-10-31)24-14-22-3-1-2-4-23(22)29-24)5-8-28-26(33)30-27-15-18-11-19(16-27)13-20(12-18)17-27/h1-4,14,18-21,29H,5-13,15-17H2,(H2,28,30,33). The number of aromatic nitrogens is 1. The molecule has 6 heteroatoms. The van der Waals surface area contributed by atoms with Crippen molar-refractivity contribution in [3.8, 4) is 0 Å². The van der Waals surface area contributed by atoms with E-state index in [4.69, 9.17) is 0 Å². The van der Waals surface area contributed by atoms with Crippen LogP contribution in [0.4, 0.5) is 4.79 Å². The average molecular weight is 449 g/mol. The summed E-state index contributed by atoms with van der Waals surface area (Å²) in [4.78, 5) is 30.9. The van der Waals surface area contributed by atoms with Gasteiger partial charge in [-0.2, -0.15) is 0 Å². The van der Waals surface area contributed by atoms with Crippen LogP contribution < -0.4 is 10.6 Å². The summed E-state index contributed by atoms with van der Waals surface area (Å²) in [7, 11) is 0. The first kappa shape index (κ1) is 21.1. The second-order valence-corrected chi connectivity index (χ2v) is 11.3. The Labute approximate surface area is 195 Å². The van der Waals surface area contributed by atoms with Crippen LogP contribution in [0.3, 0.4) is 0 Å². The molecule has 6 nitrogen and oxygen atoms in total. The van der Waals surface area contributed by atoms with Crippen LogP contribution in [0.5, 0.6) is 0 Å². The van der Waals surface area contributed by atoms with Gasteiger partial charge in [0.15, 0.2) is 0 Å². The Balaban J connectivity index is 0.945. The number of hydrogen-bond donors (Lipinski definition) is 3. The molecule has 5 fully saturated rings. The van der Waals surface area contributed by atoms with Gasteiger partial charge >= 0.3 is 6.03 Å². The van der Waals surface area contributed by atoms with E-state index in [1.54, 1.807) is 0 Å². The number of aromatic amines is 1. The van der Waals surface area contributed by atoms with E-state index in [1.807, 2.05) is 4.90 Å². The van der Waals surface area contributed by atoms with Crippen molar-refractivity contribution in [1.29, 1.82) is 0 Å². The van der Waals surface area contributed by atoms with E-state index in [1.165, 1.54) is 35.9 Å². The number of benzene rings is 1. The molecule has 0 unspecified atom stereocenters. The van der Waals surface area contributed by atoms with Crippen molar-refractivity contribution in [2.24, 2.45) is 17.8 Å². The lowest BCUT2D eigenvalue weighted by molar-refractivity contribution is -0.132. The lowest BCUT2D eigenvalue weighted by atomic mass is 9.53. The van der Waals surface area contributed by atoms with Crippen LogP contribution in [0.2, 0.25) is 0 Å². The van der Waals surface area contributed by atoms with E-state index < -0.39 is 0 Å². The maximum Gasteiger partial charge on any atom is 0.315 e. The molecule has 4 saturated carbocycles. The fourth-order valence-corrected chi connectivity index (χ4v) is 7.75. The Kier molecular flexibility index (Phi) is 5.34. The molecule has 7 rings (SSSR count). The molecule has 0 radical (unpaired) electrons. The maximum atomic E-state index is 12.7. The zero-order valence-electron chi connectivity index (χ0n) is 19.4. The molecule has 5 aliphatic rings. The monoisotopic (exact) mass is 448 g/mol. The number of para-hydroxylation sites is 1. The summed E-state index contributed by atoms with van der Waals surface area (Å²) in [5.41, 5.74) is 2.49. The zero-order valence-corrected chi connectivity index (χ0v) is 19.4. The minimum absolute atomic E-state index is 0.0212. The normalized spacial score (nSPS) is 31.2. The molecule has 3 N–H and O–H groups in total. The minimum Gasteiger partial charge on any atom is -0.358 e. The minimum atomic E-state index is -0.0812. The fourth-order valence-electron chi connectivity index (χ4n) is 7.75. The van der Waals surface area contributed by atoms with E-state index in [2.05, 4.69) is 45.9 Å². The van der Waals surface area contributed by atoms with Gasteiger partial charge in [-0.25, -0.2) is 4.79 Å². The van der Waals surface area contributed by atoms with E-state index in [0.717, 1.165) is 62.9 Å². The second-order valence-electron chi connectivity index (χ2n) is 11.3. The number of piperidine rings is 1. The van der Waals surface area contributed by atoms with Gasteiger partial charge < -0.3 is 20.5 Å². The fraction of sp³-hybridized carbons (Fsp3) is 0.630. The Morgan fingerprint density at radius 2 is 1.67 bits per heavy atom. The zero-order chi connectivity index (χ0) is 22.4. The molecule has 0 spiro atoms. The van der Waals surface area contributed by atoms with Crippen molar-refractivity contribution >= 4 is 22.8 Å². The first-order valence-corrected chi connectivity index (χ1v) is 13.0. The third kappa shape index (κ3) is 4.24. The molecular weight excluding hydrogens is 412 g/mol. The number of nitrogens with one attached hydrogen (secondary N) is 3. The third-order valence-corrected chi connectivity index (χ3v) is 8.88. The summed E-state index contributed by atoms with van der Waals surface area (Å²) in [6.45, 7) is 2.00. The maximum absolute atomic E-state index is 12.7. The molecule has 1 saturated heterocycles. The van der Waals surface area contributed by atoms with Crippen molar-refractivity contribution in [1.82, 2.24) is 20.5 Å². The quantitative estimate of drug-likeness (QED) is 0.628. The SMILES string of the molecule is O=C(NCCC(=O)N1CCC(c2cc3ccccc3[nH]2)CC1)NC12CC3CC(CC(C3)C1)C2. The van der Waals surface area contributed by atoms with E-state index in [-0.39, 0.29) is 17.5 Å². The highest BCUT2D eigenvalue weighted by atomic mass is 16.2. The summed E-state index contributed by atoms with van der Waals surface area (Å²) < 4.78 is 0. The molecule has 3 amide bonds. The first-order valence-electron chi connectivity index (χ1n) is 13.0. The van der Waals surface area contributed by atoms with Gasteiger partial charge in [0.25, 0.3) is 0 Å². The van der Waals surface area contributed by atoms with Crippen molar-refractivity contribution in [3.63, 3.8) is 0 Å². The molecule has 0 atom stereocenters. The first-order chi connectivity index (χ1) is 16.1. The molecule has 1 aromatic carbocycles. The largest absolute Gasteiger partial charge is 0.358 e. The van der Waals surface area contributed by atoms with Crippen molar-refractivity contribution in [2.75, 3.05) is 19.6 Å². The summed E-state index contributed by atoms with van der Waals surface area (Å²) >= 11 is 0. The number of likely N-dealkylation sites (tertiary alicyclic amines) is 1. The van der Waals surface area contributed by atoms with E-state index in [0.29, 0.717) is 18.9 Å². The van der Waals surface area contributed by atoms with Crippen LogP contribution in [-0.4, -0.2) is 47.0 Å². The number of amides is 3. The summed E-state index contributed by atoms with van der Waals surface area (Å²) in [5.74, 6) is 3.06. The molecule has 33 heavy (non-hydrogen) atoms. The number of carbonyl (C=O) groups excluding carboxylic acids is 2. The second kappa shape index (κ2) is 8.37. The predicted molar refractivity (Wildman–Crippen MR) is 129 cm³/mol. The summed E-state index contributed by atoms with van der Waals surface area (Å²) in [6.07, 6.45) is 9.91. The Morgan fingerprint density at radius 1 is 1.00 bits per heavy atom. The van der Waals surface area contributed by atoms with E-state index >= 15 is 0 Å². The van der Waals surface area contributed by atoms with Crippen molar-refractivity contribution < 1.29 is 9.59 Å². The average Bonchev–Trinajstić information content (AvgIpc) is 3.22. The Hall–Kier alpha value is -2.50. The van der Waals surface area contributed by atoms with Gasteiger partial charge in [0.1, 0.15) is 0 Å². The van der Waals surface area contributed by atoms with Gasteiger partial charge in [-0.05, 0) is 86.6 Å². The molecule has 176 valence electrons. The van der Waals surface area contributed by atoms with Gasteiger partial charge in [0.2, 0.25) is 5.91 Å². The molecule has 1 aromatic heterocycles. The molecule has 4 aliphatic carbocycles. The summed E-state index contributed by atoms with van der Waals surface area (Å²) in [5, 5.41) is 7.56.